The monoisotopic (exact) mass is 196 g/mol. The maximum Gasteiger partial charge on any atom is -0.0299 e. The third kappa shape index (κ3) is 6.23. The van der Waals surface area contributed by atoms with Crippen molar-refractivity contribution in [3.63, 3.8) is 0 Å². The van der Waals surface area contributed by atoms with E-state index < -0.39 is 0 Å². The summed E-state index contributed by atoms with van der Waals surface area (Å²) in [6.45, 7) is 11.5. The molecule has 0 aliphatic rings. The fourth-order valence-electron chi connectivity index (χ4n) is 2.16. The first kappa shape index (κ1) is 13.7. The van der Waals surface area contributed by atoms with E-state index in [0.29, 0.717) is 5.41 Å². The molecule has 0 N–H and O–H groups in total. The molecule has 0 rings (SSSR count). The van der Waals surface area contributed by atoms with Gasteiger partial charge in [0.15, 0.2) is 0 Å². The highest BCUT2D eigenvalue weighted by Gasteiger charge is 2.20. The van der Waals surface area contributed by atoms with E-state index in [-0.39, 0.29) is 0 Å². The fourth-order valence-corrected chi connectivity index (χ4v) is 2.16. The van der Waals surface area contributed by atoms with E-state index in [9.17, 15) is 0 Å². The fraction of sp³-hybridized carbons (Fsp3) is 0.857. The second-order valence-electron chi connectivity index (χ2n) is 5.20. The summed E-state index contributed by atoms with van der Waals surface area (Å²) in [4.78, 5) is 0. The van der Waals surface area contributed by atoms with E-state index in [1.807, 2.05) is 0 Å². The summed E-state index contributed by atoms with van der Waals surface area (Å²) in [5.41, 5.74) is 0.488. The van der Waals surface area contributed by atoms with Crippen molar-refractivity contribution in [2.75, 3.05) is 0 Å². The molecule has 1 atom stereocenters. The molecular weight excluding hydrogens is 168 g/mol. The van der Waals surface area contributed by atoms with Crippen molar-refractivity contribution < 1.29 is 0 Å². The van der Waals surface area contributed by atoms with Crippen molar-refractivity contribution in [1.82, 2.24) is 0 Å². The molecule has 0 spiro atoms. The van der Waals surface area contributed by atoms with Gasteiger partial charge in [0.1, 0.15) is 0 Å². The predicted octanol–water partition coefficient (Wildman–Crippen LogP) is 5.20. The molecule has 0 heteroatoms. The first-order valence-corrected chi connectivity index (χ1v) is 6.16. The molecule has 0 radical (unpaired) electrons. The average molecular weight is 196 g/mol. The molecule has 0 saturated heterocycles. The molecule has 84 valence electrons. The second kappa shape index (κ2) is 7.09. The highest BCUT2D eigenvalue weighted by Crippen LogP contribution is 2.32. The van der Waals surface area contributed by atoms with Crippen LogP contribution in [0.4, 0.5) is 0 Å². The zero-order valence-corrected chi connectivity index (χ0v) is 10.8. The Balaban J connectivity index is 4.02. The van der Waals surface area contributed by atoms with E-state index in [0.717, 1.165) is 5.92 Å². The van der Waals surface area contributed by atoms with Crippen LogP contribution in [-0.4, -0.2) is 0 Å². The van der Waals surface area contributed by atoms with Crippen molar-refractivity contribution in [1.29, 1.82) is 0 Å². The predicted molar refractivity (Wildman–Crippen MR) is 66.5 cm³/mol. The second-order valence-corrected chi connectivity index (χ2v) is 5.20. The molecule has 0 bridgehead atoms. The lowest BCUT2D eigenvalue weighted by Gasteiger charge is -2.28. The van der Waals surface area contributed by atoms with Gasteiger partial charge in [-0.25, -0.2) is 0 Å². The van der Waals surface area contributed by atoms with Crippen LogP contribution in [0.25, 0.3) is 0 Å². The van der Waals surface area contributed by atoms with Crippen molar-refractivity contribution in [3.05, 3.63) is 12.2 Å². The Hall–Kier alpha value is -0.260. The number of rotatable bonds is 7. The lowest BCUT2D eigenvalue weighted by molar-refractivity contribution is 0.253. The molecule has 0 saturated carbocycles. The molecule has 0 aliphatic heterocycles. The molecule has 0 aliphatic carbocycles. The van der Waals surface area contributed by atoms with Gasteiger partial charge in [0, 0.05) is 0 Å². The van der Waals surface area contributed by atoms with E-state index >= 15 is 0 Å². The van der Waals surface area contributed by atoms with E-state index in [1.165, 1.54) is 32.1 Å². The Bertz CT molecular complexity index is 153. The lowest BCUT2D eigenvalue weighted by Crippen LogP contribution is -2.16. The third-order valence-corrected chi connectivity index (χ3v) is 3.02. The maximum atomic E-state index is 2.39. The third-order valence-electron chi connectivity index (χ3n) is 3.02. The van der Waals surface area contributed by atoms with Crippen LogP contribution >= 0.6 is 0 Å². The molecule has 0 nitrogen and oxygen atoms in total. The van der Waals surface area contributed by atoms with Gasteiger partial charge < -0.3 is 0 Å². The van der Waals surface area contributed by atoms with Gasteiger partial charge in [0.2, 0.25) is 0 Å². The van der Waals surface area contributed by atoms with Gasteiger partial charge >= 0.3 is 0 Å². The average Bonchev–Trinajstić information content (AvgIpc) is 2.14. The maximum absolute atomic E-state index is 2.39. The number of allylic oxidation sites excluding steroid dienone is 2. The molecule has 0 amide bonds. The van der Waals surface area contributed by atoms with Crippen LogP contribution < -0.4 is 0 Å². The smallest absolute Gasteiger partial charge is 0.0299 e. The molecule has 0 fully saturated rings. The molecular formula is C14H28. The molecule has 0 aromatic rings. The largest absolute Gasteiger partial charge is 0.0916 e. The molecule has 14 heavy (non-hydrogen) atoms. The summed E-state index contributed by atoms with van der Waals surface area (Å²) >= 11 is 0. The van der Waals surface area contributed by atoms with Crippen molar-refractivity contribution in [2.45, 2.75) is 66.7 Å². The Morgan fingerprint density at radius 2 is 1.86 bits per heavy atom. The van der Waals surface area contributed by atoms with Crippen LogP contribution in [0.5, 0.6) is 0 Å². The summed E-state index contributed by atoms with van der Waals surface area (Å²) in [7, 11) is 0. The van der Waals surface area contributed by atoms with Gasteiger partial charge in [0.05, 0.1) is 0 Å². The molecule has 1 unspecified atom stereocenters. The van der Waals surface area contributed by atoms with Gasteiger partial charge in [-0.3, -0.25) is 0 Å². The normalized spacial score (nSPS) is 14.9. The van der Waals surface area contributed by atoms with Gasteiger partial charge in [-0.05, 0) is 31.1 Å². The Kier molecular flexibility index (Phi) is 6.96. The van der Waals surface area contributed by atoms with Crippen LogP contribution in [0.15, 0.2) is 12.2 Å². The number of hydrogen-bond acceptors (Lipinski definition) is 0. The minimum absolute atomic E-state index is 0.488. The van der Waals surface area contributed by atoms with Gasteiger partial charge in [-0.15, -0.1) is 0 Å². The van der Waals surface area contributed by atoms with Crippen molar-refractivity contribution in [2.24, 2.45) is 11.3 Å². The summed E-state index contributed by atoms with van der Waals surface area (Å²) in [6, 6.07) is 0. The van der Waals surface area contributed by atoms with Crippen LogP contribution in [-0.2, 0) is 0 Å². The van der Waals surface area contributed by atoms with Crippen LogP contribution in [0.2, 0.25) is 0 Å². The Morgan fingerprint density at radius 3 is 2.29 bits per heavy atom. The highest BCUT2D eigenvalue weighted by molar-refractivity contribution is 4.85. The summed E-state index contributed by atoms with van der Waals surface area (Å²) < 4.78 is 0. The molecule has 0 heterocycles. The Morgan fingerprint density at radius 1 is 1.21 bits per heavy atom. The van der Waals surface area contributed by atoms with E-state index in [4.69, 9.17) is 0 Å². The Labute approximate surface area is 90.8 Å². The van der Waals surface area contributed by atoms with Crippen LogP contribution in [0.1, 0.15) is 66.7 Å². The van der Waals surface area contributed by atoms with Crippen LogP contribution in [0, 0.1) is 11.3 Å². The zero-order chi connectivity index (χ0) is 11.0. The molecule has 0 aromatic heterocycles. The quantitative estimate of drug-likeness (QED) is 0.491. The minimum atomic E-state index is 0.488. The topological polar surface area (TPSA) is 0 Å². The van der Waals surface area contributed by atoms with Gasteiger partial charge in [-0.1, -0.05) is 59.1 Å². The summed E-state index contributed by atoms with van der Waals surface area (Å²) in [5, 5.41) is 0. The number of hydrogen-bond donors (Lipinski definition) is 0. The summed E-state index contributed by atoms with van der Waals surface area (Å²) in [6.07, 6.45) is 11.1. The van der Waals surface area contributed by atoms with E-state index in [1.54, 1.807) is 0 Å². The highest BCUT2D eigenvalue weighted by atomic mass is 14.3. The minimum Gasteiger partial charge on any atom is -0.0916 e. The van der Waals surface area contributed by atoms with Crippen molar-refractivity contribution in [3.8, 4) is 0 Å². The standard InChI is InChI=1S/C14H28/c1-6-9-11-14(4,5)12-13(8-3)10-7-2/h6,9,13H,7-8,10-12H2,1-5H3. The van der Waals surface area contributed by atoms with Gasteiger partial charge in [-0.2, -0.15) is 0 Å². The van der Waals surface area contributed by atoms with E-state index in [2.05, 4.69) is 46.8 Å². The van der Waals surface area contributed by atoms with Gasteiger partial charge in [0.25, 0.3) is 0 Å². The summed E-state index contributed by atoms with van der Waals surface area (Å²) in [5.74, 6) is 0.931. The first-order chi connectivity index (χ1) is 6.55. The zero-order valence-electron chi connectivity index (χ0n) is 10.8. The first-order valence-electron chi connectivity index (χ1n) is 6.16. The molecule has 0 aromatic carbocycles. The van der Waals surface area contributed by atoms with Crippen molar-refractivity contribution >= 4 is 0 Å². The SMILES string of the molecule is CC=CCC(C)(C)CC(CC)CCC. The lowest BCUT2D eigenvalue weighted by atomic mass is 9.78. The van der Waals surface area contributed by atoms with Crippen LogP contribution in [0.3, 0.4) is 0 Å².